The van der Waals surface area contributed by atoms with Crippen LogP contribution in [0.2, 0.25) is 0 Å². The second-order valence-corrected chi connectivity index (χ2v) is 6.31. The van der Waals surface area contributed by atoms with E-state index in [4.69, 9.17) is 0 Å². The summed E-state index contributed by atoms with van der Waals surface area (Å²) in [6, 6.07) is 5.39. The molecule has 1 saturated heterocycles. The Labute approximate surface area is 137 Å². The first-order chi connectivity index (χ1) is 11.1. The molecule has 0 atom stereocenters. The monoisotopic (exact) mass is 316 g/mol. The molecule has 0 saturated carbocycles. The van der Waals surface area contributed by atoms with Gasteiger partial charge in [0.15, 0.2) is 0 Å². The highest BCUT2D eigenvalue weighted by molar-refractivity contribution is 5.54. The molecular formula is C18H25FN4. The van der Waals surface area contributed by atoms with Gasteiger partial charge in [-0.05, 0) is 38.8 Å². The standard InChI is InChI=1S/C18H25FN4/c1-13-15(14(2)22(3)21-13)11-20-12-16-17(19)7-6-8-18(16)23-9-4-5-10-23/h6-8,20H,4-5,9-12H2,1-3H3. The lowest BCUT2D eigenvalue weighted by Gasteiger charge is -2.22. The molecule has 1 fully saturated rings. The number of rotatable bonds is 5. The van der Waals surface area contributed by atoms with Gasteiger partial charge in [0.2, 0.25) is 0 Å². The lowest BCUT2D eigenvalue weighted by molar-refractivity contribution is 0.586. The van der Waals surface area contributed by atoms with Gasteiger partial charge in [0.1, 0.15) is 5.82 Å². The summed E-state index contributed by atoms with van der Waals surface area (Å²) in [6.07, 6.45) is 2.38. The Bertz CT molecular complexity index is 687. The van der Waals surface area contributed by atoms with Crippen LogP contribution in [0.15, 0.2) is 18.2 Å². The summed E-state index contributed by atoms with van der Waals surface area (Å²) in [7, 11) is 1.95. The van der Waals surface area contributed by atoms with Crippen molar-refractivity contribution in [2.75, 3.05) is 18.0 Å². The maximum absolute atomic E-state index is 14.3. The Morgan fingerprint density at radius 2 is 1.83 bits per heavy atom. The van der Waals surface area contributed by atoms with Crippen LogP contribution in [0.1, 0.15) is 35.4 Å². The molecule has 0 aliphatic carbocycles. The van der Waals surface area contributed by atoms with Crippen LogP contribution < -0.4 is 10.2 Å². The van der Waals surface area contributed by atoms with Gasteiger partial charge in [0.05, 0.1) is 5.69 Å². The highest BCUT2D eigenvalue weighted by Gasteiger charge is 2.18. The number of aryl methyl sites for hydroxylation is 2. The van der Waals surface area contributed by atoms with Crippen LogP contribution in [0.3, 0.4) is 0 Å². The predicted molar refractivity (Wildman–Crippen MR) is 91.1 cm³/mol. The Kier molecular flexibility index (Phi) is 4.66. The molecule has 1 aliphatic rings. The van der Waals surface area contributed by atoms with E-state index in [0.29, 0.717) is 13.1 Å². The van der Waals surface area contributed by atoms with E-state index in [1.807, 2.05) is 30.8 Å². The maximum atomic E-state index is 14.3. The third-order valence-electron chi connectivity index (χ3n) is 4.80. The fraction of sp³-hybridized carbons (Fsp3) is 0.500. The zero-order chi connectivity index (χ0) is 16.4. The highest BCUT2D eigenvalue weighted by Crippen LogP contribution is 2.26. The van der Waals surface area contributed by atoms with Crippen molar-refractivity contribution in [2.45, 2.75) is 39.8 Å². The average Bonchev–Trinajstić information content (AvgIpc) is 3.13. The molecule has 2 heterocycles. The van der Waals surface area contributed by atoms with Gasteiger partial charge in [-0.3, -0.25) is 4.68 Å². The van der Waals surface area contributed by atoms with Gasteiger partial charge >= 0.3 is 0 Å². The van der Waals surface area contributed by atoms with Crippen molar-refractivity contribution < 1.29 is 4.39 Å². The molecule has 0 radical (unpaired) electrons. The average molecular weight is 316 g/mol. The van der Waals surface area contributed by atoms with Crippen molar-refractivity contribution >= 4 is 5.69 Å². The predicted octanol–water partition coefficient (Wildman–Crippen LogP) is 3.07. The molecular weight excluding hydrogens is 291 g/mol. The molecule has 3 rings (SSSR count). The van der Waals surface area contributed by atoms with Crippen LogP contribution in [0.25, 0.3) is 0 Å². The first kappa shape index (κ1) is 16.0. The van der Waals surface area contributed by atoms with Gasteiger partial charge in [0.25, 0.3) is 0 Å². The van der Waals surface area contributed by atoms with Crippen LogP contribution in [0.4, 0.5) is 10.1 Å². The van der Waals surface area contributed by atoms with Crippen LogP contribution in [0.5, 0.6) is 0 Å². The molecule has 23 heavy (non-hydrogen) atoms. The summed E-state index contributed by atoms with van der Waals surface area (Å²) >= 11 is 0. The molecule has 0 unspecified atom stereocenters. The first-order valence-electron chi connectivity index (χ1n) is 8.30. The van der Waals surface area contributed by atoms with E-state index in [-0.39, 0.29) is 5.82 Å². The number of benzene rings is 1. The van der Waals surface area contributed by atoms with Crippen LogP contribution in [-0.2, 0) is 20.1 Å². The van der Waals surface area contributed by atoms with Crippen LogP contribution in [0, 0.1) is 19.7 Å². The van der Waals surface area contributed by atoms with Crippen molar-refractivity contribution in [2.24, 2.45) is 7.05 Å². The zero-order valence-corrected chi connectivity index (χ0v) is 14.2. The fourth-order valence-corrected chi connectivity index (χ4v) is 3.36. The normalized spacial score (nSPS) is 14.7. The largest absolute Gasteiger partial charge is 0.371 e. The number of nitrogens with one attached hydrogen (secondary N) is 1. The number of hydrogen-bond donors (Lipinski definition) is 1. The fourth-order valence-electron chi connectivity index (χ4n) is 3.36. The van der Waals surface area contributed by atoms with Crippen molar-refractivity contribution in [3.05, 3.63) is 46.5 Å². The molecule has 0 amide bonds. The summed E-state index contributed by atoms with van der Waals surface area (Å²) in [5.41, 5.74) is 5.20. The highest BCUT2D eigenvalue weighted by atomic mass is 19.1. The molecule has 2 aromatic rings. The summed E-state index contributed by atoms with van der Waals surface area (Å²) in [5, 5.41) is 7.83. The quantitative estimate of drug-likeness (QED) is 0.920. The summed E-state index contributed by atoms with van der Waals surface area (Å²) < 4.78 is 16.2. The Morgan fingerprint density at radius 1 is 1.13 bits per heavy atom. The third-order valence-corrected chi connectivity index (χ3v) is 4.80. The number of nitrogens with zero attached hydrogens (tertiary/aromatic N) is 3. The molecule has 1 aromatic heterocycles. The van der Waals surface area contributed by atoms with E-state index in [1.165, 1.54) is 18.4 Å². The molecule has 0 bridgehead atoms. The van der Waals surface area contributed by atoms with Gasteiger partial charge in [-0.1, -0.05) is 6.07 Å². The van der Waals surface area contributed by atoms with Gasteiger partial charge in [0, 0.05) is 55.7 Å². The van der Waals surface area contributed by atoms with Crippen LogP contribution >= 0.6 is 0 Å². The van der Waals surface area contributed by atoms with E-state index < -0.39 is 0 Å². The summed E-state index contributed by atoms with van der Waals surface area (Å²) in [4.78, 5) is 2.29. The second kappa shape index (κ2) is 6.71. The van der Waals surface area contributed by atoms with Gasteiger partial charge < -0.3 is 10.2 Å². The smallest absolute Gasteiger partial charge is 0.129 e. The molecule has 1 aromatic carbocycles. The van der Waals surface area contributed by atoms with Gasteiger partial charge in [-0.15, -0.1) is 0 Å². The second-order valence-electron chi connectivity index (χ2n) is 6.31. The third kappa shape index (κ3) is 3.24. The molecule has 1 aliphatic heterocycles. The SMILES string of the molecule is Cc1nn(C)c(C)c1CNCc1c(F)cccc1N1CCCC1. The Balaban J connectivity index is 1.73. The van der Waals surface area contributed by atoms with E-state index in [9.17, 15) is 4.39 Å². The minimum atomic E-state index is -0.124. The number of anilines is 1. The Morgan fingerprint density at radius 3 is 2.48 bits per heavy atom. The molecule has 4 nitrogen and oxygen atoms in total. The topological polar surface area (TPSA) is 33.1 Å². The minimum Gasteiger partial charge on any atom is -0.371 e. The number of hydrogen-bond acceptors (Lipinski definition) is 3. The lowest BCUT2D eigenvalue weighted by Crippen LogP contribution is -2.22. The lowest BCUT2D eigenvalue weighted by atomic mass is 10.1. The maximum Gasteiger partial charge on any atom is 0.129 e. The number of aromatic nitrogens is 2. The zero-order valence-electron chi connectivity index (χ0n) is 14.2. The van der Waals surface area contributed by atoms with E-state index in [0.717, 1.165) is 35.7 Å². The van der Waals surface area contributed by atoms with E-state index >= 15 is 0 Å². The van der Waals surface area contributed by atoms with Gasteiger partial charge in [-0.25, -0.2) is 4.39 Å². The van der Waals surface area contributed by atoms with Crippen LogP contribution in [-0.4, -0.2) is 22.9 Å². The van der Waals surface area contributed by atoms with Crippen molar-refractivity contribution in [3.63, 3.8) is 0 Å². The van der Waals surface area contributed by atoms with Crippen molar-refractivity contribution in [1.29, 1.82) is 0 Å². The Hall–Kier alpha value is -1.88. The van der Waals surface area contributed by atoms with E-state index in [1.54, 1.807) is 6.07 Å². The molecule has 0 spiro atoms. The summed E-state index contributed by atoms with van der Waals surface area (Å²) in [6.45, 7) is 7.37. The minimum absolute atomic E-state index is 0.124. The van der Waals surface area contributed by atoms with Gasteiger partial charge in [-0.2, -0.15) is 5.10 Å². The first-order valence-corrected chi connectivity index (χ1v) is 8.30. The molecule has 124 valence electrons. The molecule has 5 heteroatoms. The van der Waals surface area contributed by atoms with E-state index in [2.05, 4.69) is 22.2 Å². The van der Waals surface area contributed by atoms with Crippen molar-refractivity contribution in [1.82, 2.24) is 15.1 Å². The van der Waals surface area contributed by atoms with Crippen molar-refractivity contribution in [3.8, 4) is 0 Å². The summed E-state index contributed by atoms with van der Waals surface area (Å²) in [5.74, 6) is -0.124. The molecule has 1 N–H and O–H groups in total. The number of halogens is 1.